The molecule has 0 atom stereocenters. The van der Waals surface area contributed by atoms with Crippen molar-refractivity contribution in [1.29, 1.82) is 0 Å². The lowest BCUT2D eigenvalue weighted by molar-refractivity contribution is -0.0504. The van der Waals surface area contributed by atoms with Gasteiger partial charge in [0.05, 0.1) is 0 Å². The fourth-order valence-corrected chi connectivity index (χ4v) is 3.00. The summed E-state index contributed by atoms with van der Waals surface area (Å²) in [6.45, 7) is -0.0662. The standard InChI is InChI=1S/C21H24F2N4O/c1-24-21(26-15-17-8-2-3-10-19(17)28-20(22)23)25-14-16-7-6-9-18(13-16)27-11-4-5-12-27/h2-10,13,20H,11-12,14-15H2,1H3,(H2,24,25,26). The van der Waals surface area contributed by atoms with Crippen LogP contribution in [0.1, 0.15) is 11.1 Å². The van der Waals surface area contributed by atoms with Crippen LogP contribution in [-0.4, -0.2) is 32.7 Å². The SMILES string of the molecule is CN=C(NCc1cccc(N2CC=CC2)c1)NCc1ccccc1OC(F)F. The second-order valence-corrected chi connectivity index (χ2v) is 6.31. The molecular formula is C21H24F2N4O. The molecule has 2 aromatic carbocycles. The Kier molecular flexibility index (Phi) is 6.84. The first-order valence-electron chi connectivity index (χ1n) is 9.12. The lowest BCUT2D eigenvalue weighted by Gasteiger charge is -2.19. The van der Waals surface area contributed by atoms with E-state index in [1.807, 2.05) is 6.07 Å². The minimum Gasteiger partial charge on any atom is -0.434 e. The predicted molar refractivity (Wildman–Crippen MR) is 108 cm³/mol. The van der Waals surface area contributed by atoms with Crippen molar-refractivity contribution in [2.75, 3.05) is 25.0 Å². The monoisotopic (exact) mass is 386 g/mol. The van der Waals surface area contributed by atoms with Crippen molar-refractivity contribution >= 4 is 11.6 Å². The van der Waals surface area contributed by atoms with Crippen LogP contribution >= 0.6 is 0 Å². The molecule has 1 aliphatic rings. The number of anilines is 1. The van der Waals surface area contributed by atoms with Crippen LogP contribution in [0.3, 0.4) is 0 Å². The van der Waals surface area contributed by atoms with Crippen molar-refractivity contribution in [3.8, 4) is 5.75 Å². The summed E-state index contributed by atoms with van der Waals surface area (Å²) in [6.07, 6.45) is 4.32. The number of alkyl halides is 2. The second-order valence-electron chi connectivity index (χ2n) is 6.31. The highest BCUT2D eigenvalue weighted by Gasteiger charge is 2.10. The molecule has 0 amide bonds. The number of nitrogens with zero attached hydrogens (tertiary/aromatic N) is 2. The van der Waals surface area contributed by atoms with E-state index in [1.165, 1.54) is 11.8 Å². The van der Waals surface area contributed by atoms with E-state index in [-0.39, 0.29) is 5.75 Å². The Morgan fingerprint density at radius 3 is 2.57 bits per heavy atom. The molecule has 1 aliphatic heterocycles. The predicted octanol–water partition coefficient (Wildman–Crippen LogP) is 3.53. The number of halogens is 2. The molecule has 0 spiro atoms. The summed E-state index contributed by atoms with van der Waals surface area (Å²) < 4.78 is 29.6. The maximum Gasteiger partial charge on any atom is 0.387 e. The number of hydrogen-bond donors (Lipinski definition) is 2. The Labute approximate surface area is 163 Å². The van der Waals surface area contributed by atoms with E-state index >= 15 is 0 Å². The van der Waals surface area contributed by atoms with Crippen LogP contribution < -0.4 is 20.3 Å². The van der Waals surface area contributed by atoms with Crippen LogP contribution in [0.2, 0.25) is 0 Å². The number of para-hydroxylation sites is 1. The summed E-state index contributed by atoms with van der Waals surface area (Å²) in [7, 11) is 1.67. The van der Waals surface area contributed by atoms with Crippen molar-refractivity contribution in [3.63, 3.8) is 0 Å². The van der Waals surface area contributed by atoms with E-state index in [0.717, 1.165) is 18.7 Å². The van der Waals surface area contributed by atoms with Crippen molar-refractivity contribution in [2.24, 2.45) is 4.99 Å². The zero-order chi connectivity index (χ0) is 19.8. The number of aliphatic imine (C=N–C) groups is 1. The summed E-state index contributed by atoms with van der Waals surface area (Å²) in [5, 5.41) is 6.38. The lowest BCUT2D eigenvalue weighted by atomic mass is 10.2. The van der Waals surface area contributed by atoms with Crippen LogP contribution in [-0.2, 0) is 13.1 Å². The number of hydrogen-bond acceptors (Lipinski definition) is 3. The van der Waals surface area contributed by atoms with E-state index in [4.69, 9.17) is 0 Å². The van der Waals surface area contributed by atoms with Gasteiger partial charge < -0.3 is 20.3 Å². The van der Waals surface area contributed by atoms with Gasteiger partial charge in [-0.3, -0.25) is 4.99 Å². The minimum atomic E-state index is -2.85. The normalized spacial score (nSPS) is 13.9. The molecule has 148 valence electrons. The van der Waals surface area contributed by atoms with E-state index < -0.39 is 6.61 Å². The van der Waals surface area contributed by atoms with Crippen LogP contribution in [0.25, 0.3) is 0 Å². The fraction of sp³-hybridized carbons (Fsp3) is 0.286. The molecule has 0 fully saturated rings. The highest BCUT2D eigenvalue weighted by molar-refractivity contribution is 5.79. The maximum atomic E-state index is 12.5. The van der Waals surface area contributed by atoms with Crippen molar-refractivity contribution in [2.45, 2.75) is 19.7 Å². The third-order valence-electron chi connectivity index (χ3n) is 4.41. The summed E-state index contributed by atoms with van der Waals surface area (Å²) in [5.74, 6) is 0.743. The van der Waals surface area contributed by atoms with Crippen molar-refractivity contribution in [1.82, 2.24) is 10.6 Å². The smallest absolute Gasteiger partial charge is 0.387 e. The molecule has 0 saturated carbocycles. The molecule has 0 unspecified atom stereocenters. The lowest BCUT2D eigenvalue weighted by Crippen LogP contribution is -2.36. The number of nitrogens with one attached hydrogen (secondary N) is 2. The van der Waals surface area contributed by atoms with Gasteiger partial charge >= 0.3 is 6.61 Å². The number of rotatable bonds is 7. The Morgan fingerprint density at radius 2 is 1.82 bits per heavy atom. The van der Waals surface area contributed by atoms with Crippen molar-refractivity contribution < 1.29 is 13.5 Å². The second kappa shape index (κ2) is 9.73. The third kappa shape index (κ3) is 5.45. The fourth-order valence-electron chi connectivity index (χ4n) is 3.00. The van der Waals surface area contributed by atoms with Gasteiger partial charge in [-0.2, -0.15) is 8.78 Å². The van der Waals surface area contributed by atoms with E-state index in [1.54, 1.807) is 25.2 Å². The van der Waals surface area contributed by atoms with Gasteiger partial charge in [0.15, 0.2) is 5.96 Å². The van der Waals surface area contributed by atoms with Gasteiger partial charge in [-0.25, -0.2) is 0 Å². The van der Waals surface area contributed by atoms with Crippen LogP contribution in [0.4, 0.5) is 14.5 Å². The molecular weight excluding hydrogens is 362 g/mol. The highest BCUT2D eigenvalue weighted by atomic mass is 19.3. The summed E-state index contributed by atoms with van der Waals surface area (Å²) in [6, 6.07) is 15.1. The van der Waals surface area contributed by atoms with Gasteiger partial charge in [-0.05, 0) is 23.8 Å². The maximum absolute atomic E-state index is 12.5. The Morgan fingerprint density at radius 1 is 1.07 bits per heavy atom. The average Bonchev–Trinajstić information content (AvgIpc) is 3.24. The van der Waals surface area contributed by atoms with Gasteiger partial charge in [0.2, 0.25) is 0 Å². The van der Waals surface area contributed by atoms with Gasteiger partial charge in [-0.15, -0.1) is 0 Å². The first-order valence-corrected chi connectivity index (χ1v) is 9.12. The Hall–Kier alpha value is -3.09. The molecule has 0 radical (unpaired) electrons. The number of benzene rings is 2. The molecule has 0 bridgehead atoms. The van der Waals surface area contributed by atoms with Gasteiger partial charge in [0.1, 0.15) is 5.75 Å². The van der Waals surface area contributed by atoms with Crippen LogP contribution in [0.15, 0.2) is 65.7 Å². The molecule has 2 aromatic rings. The Balaban J connectivity index is 1.55. The topological polar surface area (TPSA) is 48.9 Å². The van der Waals surface area contributed by atoms with Gasteiger partial charge in [-0.1, -0.05) is 42.5 Å². The minimum absolute atomic E-state index is 0.160. The molecule has 0 saturated heterocycles. The van der Waals surface area contributed by atoms with E-state index in [0.29, 0.717) is 24.6 Å². The summed E-state index contributed by atoms with van der Waals surface area (Å²) >= 11 is 0. The first-order chi connectivity index (χ1) is 13.7. The average molecular weight is 386 g/mol. The molecule has 3 rings (SSSR count). The van der Waals surface area contributed by atoms with Gasteiger partial charge in [0, 0.05) is 44.5 Å². The first kappa shape index (κ1) is 19.7. The van der Waals surface area contributed by atoms with E-state index in [9.17, 15) is 8.78 Å². The molecule has 1 heterocycles. The number of ether oxygens (including phenoxy) is 1. The Bertz CT molecular complexity index is 831. The molecule has 0 aliphatic carbocycles. The highest BCUT2D eigenvalue weighted by Crippen LogP contribution is 2.20. The van der Waals surface area contributed by atoms with Crippen LogP contribution in [0, 0.1) is 0 Å². The third-order valence-corrected chi connectivity index (χ3v) is 4.41. The molecule has 7 heteroatoms. The van der Waals surface area contributed by atoms with Crippen LogP contribution in [0.5, 0.6) is 5.75 Å². The molecule has 28 heavy (non-hydrogen) atoms. The quantitative estimate of drug-likeness (QED) is 0.434. The molecule has 0 aromatic heterocycles. The summed E-state index contributed by atoms with van der Waals surface area (Å²) in [5.41, 5.74) is 2.95. The van der Waals surface area contributed by atoms with Crippen molar-refractivity contribution in [3.05, 3.63) is 71.8 Å². The zero-order valence-electron chi connectivity index (χ0n) is 15.7. The molecule has 2 N–H and O–H groups in total. The van der Waals surface area contributed by atoms with Gasteiger partial charge in [0.25, 0.3) is 0 Å². The largest absolute Gasteiger partial charge is 0.434 e. The summed E-state index contributed by atoms with van der Waals surface area (Å²) in [4.78, 5) is 6.48. The zero-order valence-corrected chi connectivity index (χ0v) is 15.7. The number of guanidine groups is 1. The molecule has 5 nitrogen and oxygen atoms in total. The van der Waals surface area contributed by atoms with E-state index in [2.05, 4.69) is 55.6 Å².